The van der Waals surface area contributed by atoms with Crippen molar-refractivity contribution in [1.29, 1.82) is 0 Å². The highest BCUT2D eigenvalue weighted by molar-refractivity contribution is 7.99. The Morgan fingerprint density at radius 2 is 2.11 bits per heavy atom. The van der Waals surface area contributed by atoms with E-state index >= 15 is 0 Å². The number of fused-ring (bicyclic) bond motifs is 1. The number of carbonyl (C=O) groups is 2. The number of amides is 1. The van der Waals surface area contributed by atoms with Gasteiger partial charge < -0.3 is 14.6 Å². The van der Waals surface area contributed by atoms with Crippen molar-refractivity contribution in [2.45, 2.75) is 44.3 Å². The number of benzene rings is 1. The van der Waals surface area contributed by atoms with Crippen LogP contribution in [0.2, 0.25) is 5.02 Å². The number of allylic oxidation sites excluding steroid dienone is 1. The van der Waals surface area contributed by atoms with Gasteiger partial charge in [0.05, 0.1) is 18.4 Å². The molecule has 10 heteroatoms. The number of thioether (sulfide) groups is 1. The van der Waals surface area contributed by atoms with Crippen molar-refractivity contribution in [2.24, 2.45) is 5.92 Å². The molecule has 0 saturated carbocycles. The highest BCUT2D eigenvalue weighted by atomic mass is 35.5. The summed E-state index contributed by atoms with van der Waals surface area (Å²) in [5, 5.41) is 13.5. The molecule has 1 aliphatic carbocycles. The standard InChI is InChI=1S/C25H27ClN4O3S2/c1-4-11-30-20(13-16-6-8-17(26)9-7-16)28-29-25(30)34-14-21(31)27-23-22(24(32)33-3)18-10-5-15(2)12-19(18)35-23/h4,6-9,15H,1,5,10-14H2,2-3H3,(H,27,31). The van der Waals surface area contributed by atoms with Gasteiger partial charge in [-0.3, -0.25) is 4.79 Å². The lowest BCUT2D eigenvalue weighted by Crippen LogP contribution is -2.17. The average Bonchev–Trinajstić information content (AvgIpc) is 3.38. The second-order valence-corrected chi connectivity index (χ2v) is 11.0. The van der Waals surface area contributed by atoms with Crippen LogP contribution >= 0.6 is 34.7 Å². The summed E-state index contributed by atoms with van der Waals surface area (Å²) < 4.78 is 6.96. The Morgan fingerprint density at radius 1 is 1.34 bits per heavy atom. The Bertz CT molecular complexity index is 1240. The fourth-order valence-corrected chi connectivity index (χ4v) is 6.41. The molecule has 0 radical (unpaired) electrons. The first-order valence-electron chi connectivity index (χ1n) is 11.3. The number of nitrogens with one attached hydrogen (secondary N) is 1. The van der Waals surface area contributed by atoms with Gasteiger partial charge in [0.2, 0.25) is 5.91 Å². The van der Waals surface area contributed by atoms with Gasteiger partial charge in [0.25, 0.3) is 0 Å². The van der Waals surface area contributed by atoms with E-state index in [1.807, 2.05) is 28.8 Å². The van der Waals surface area contributed by atoms with Crippen molar-refractivity contribution in [3.05, 3.63) is 69.3 Å². The van der Waals surface area contributed by atoms with Crippen LogP contribution in [0.3, 0.4) is 0 Å². The lowest BCUT2D eigenvalue weighted by molar-refractivity contribution is -0.113. The monoisotopic (exact) mass is 530 g/mol. The highest BCUT2D eigenvalue weighted by Crippen LogP contribution is 2.40. The zero-order chi connectivity index (χ0) is 24.9. The number of nitrogens with zero attached hydrogens (tertiary/aromatic N) is 3. The third kappa shape index (κ3) is 5.97. The SMILES string of the molecule is C=CCn1c(Cc2ccc(Cl)cc2)nnc1SCC(=O)Nc1sc2c(c1C(=O)OC)CCC(C)C2. The molecule has 0 spiro atoms. The zero-order valence-electron chi connectivity index (χ0n) is 19.7. The summed E-state index contributed by atoms with van der Waals surface area (Å²) in [7, 11) is 1.37. The quantitative estimate of drug-likeness (QED) is 0.226. The first kappa shape index (κ1) is 25.5. The summed E-state index contributed by atoms with van der Waals surface area (Å²) in [5.41, 5.74) is 2.58. The van der Waals surface area contributed by atoms with Crippen LogP contribution in [0.1, 0.15) is 45.5 Å². The van der Waals surface area contributed by atoms with Crippen LogP contribution in [-0.4, -0.2) is 39.5 Å². The molecule has 184 valence electrons. The van der Waals surface area contributed by atoms with Gasteiger partial charge in [0, 0.05) is 22.9 Å². The minimum absolute atomic E-state index is 0.135. The van der Waals surface area contributed by atoms with E-state index in [0.29, 0.717) is 39.6 Å². The van der Waals surface area contributed by atoms with E-state index in [0.717, 1.165) is 41.1 Å². The van der Waals surface area contributed by atoms with Gasteiger partial charge in [-0.25, -0.2) is 4.79 Å². The molecule has 35 heavy (non-hydrogen) atoms. The van der Waals surface area contributed by atoms with E-state index in [9.17, 15) is 9.59 Å². The zero-order valence-corrected chi connectivity index (χ0v) is 22.1. The summed E-state index contributed by atoms with van der Waals surface area (Å²) in [6.45, 7) is 6.57. The third-order valence-electron chi connectivity index (χ3n) is 5.87. The molecule has 0 aliphatic heterocycles. The van der Waals surface area contributed by atoms with Crippen molar-refractivity contribution >= 4 is 51.6 Å². The Labute approximate surface area is 217 Å². The Balaban J connectivity index is 1.46. The Morgan fingerprint density at radius 3 is 2.83 bits per heavy atom. The molecule has 1 atom stereocenters. The van der Waals surface area contributed by atoms with Crippen LogP contribution in [-0.2, 0) is 35.3 Å². The molecule has 1 aromatic carbocycles. The smallest absolute Gasteiger partial charge is 0.341 e. The predicted molar refractivity (Wildman–Crippen MR) is 141 cm³/mol. The van der Waals surface area contributed by atoms with E-state index < -0.39 is 5.97 Å². The molecular formula is C25H27ClN4O3S2. The number of methoxy groups -OCH3 is 1. The number of halogens is 1. The fraction of sp³-hybridized carbons (Fsp3) is 0.360. The molecular weight excluding hydrogens is 504 g/mol. The summed E-state index contributed by atoms with van der Waals surface area (Å²) in [6, 6.07) is 7.60. The second-order valence-electron chi connectivity index (χ2n) is 8.49. The third-order valence-corrected chi connectivity index (χ3v) is 8.26. The summed E-state index contributed by atoms with van der Waals surface area (Å²) >= 11 is 8.77. The van der Waals surface area contributed by atoms with Crippen LogP contribution in [0, 0.1) is 5.92 Å². The first-order chi connectivity index (χ1) is 16.9. The molecule has 1 unspecified atom stereocenters. The van der Waals surface area contributed by atoms with Gasteiger partial charge in [0.15, 0.2) is 5.16 Å². The number of thiophene rings is 1. The lowest BCUT2D eigenvalue weighted by Gasteiger charge is -2.18. The average molecular weight is 531 g/mol. The van der Waals surface area contributed by atoms with Crippen molar-refractivity contribution in [3.8, 4) is 0 Å². The van der Waals surface area contributed by atoms with Crippen LogP contribution in [0.5, 0.6) is 0 Å². The molecule has 4 rings (SSSR count). The minimum atomic E-state index is -0.405. The maximum Gasteiger partial charge on any atom is 0.341 e. The van der Waals surface area contributed by atoms with Crippen LogP contribution < -0.4 is 5.32 Å². The number of hydrogen-bond acceptors (Lipinski definition) is 7. The Hall–Kier alpha value is -2.62. The summed E-state index contributed by atoms with van der Waals surface area (Å²) in [4.78, 5) is 26.5. The van der Waals surface area contributed by atoms with Gasteiger partial charge in [-0.1, -0.05) is 48.5 Å². The molecule has 1 N–H and O–H groups in total. The summed E-state index contributed by atoms with van der Waals surface area (Å²) in [5.74, 6) is 0.861. The molecule has 0 fully saturated rings. The van der Waals surface area contributed by atoms with Gasteiger partial charge in [-0.2, -0.15) is 0 Å². The van der Waals surface area contributed by atoms with E-state index in [1.54, 1.807) is 6.08 Å². The van der Waals surface area contributed by atoms with Crippen LogP contribution in [0.25, 0.3) is 0 Å². The van der Waals surface area contributed by atoms with Crippen molar-refractivity contribution in [3.63, 3.8) is 0 Å². The molecule has 2 heterocycles. The van der Waals surface area contributed by atoms with E-state index in [1.165, 1.54) is 30.2 Å². The number of ether oxygens (including phenoxy) is 1. The summed E-state index contributed by atoms with van der Waals surface area (Å²) in [6.07, 6.45) is 5.12. The predicted octanol–water partition coefficient (Wildman–Crippen LogP) is 5.41. The van der Waals surface area contributed by atoms with E-state index in [-0.39, 0.29) is 11.7 Å². The number of hydrogen-bond donors (Lipinski definition) is 1. The van der Waals surface area contributed by atoms with Gasteiger partial charge >= 0.3 is 5.97 Å². The van der Waals surface area contributed by atoms with E-state index in [4.69, 9.17) is 16.3 Å². The second kappa shape index (κ2) is 11.4. The van der Waals surface area contributed by atoms with Gasteiger partial charge in [-0.05, 0) is 48.4 Å². The van der Waals surface area contributed by atoms with Crippen LogP contribution in [0.4, 0.5) is 5.00 Å². The van der Waals surface area contributed by atoms with Gasteiger partial charge in [-0.15, -0.1) is 28.1 Å². The largest absolute Gasteiger partial charge is 0.465 e. The van der Waals surface area contributed by atoms with Crippen molar-refractivity contribution in [1.82, 2.24) is 14.8 Å². The Kier molecular flexibility index (Phi) is 8.30. The molecule has 1 amide bonds. The molecule has 7 nitrogen and oxygen atoms in total. The van der Waals surface area contributed by atoms with Gasteiger partial charge in [0.1, 0.15) is 10.8 Å². The lowest BCUT2D eigenvalue weighted by atomic mass is 9.88. The maximum absolute atomic E-state index is 12.9. The fourth-order valence-electron chi connectivity index (χ4n) is 4.10. The number of aromatic nitrogens is 3. The number of carbonyl (C=O) groups excluding carboxylic acids is 2. The molecule has 0 bridgehead atoms. The molecule has 1 aliphatic rings. The highest BCUT2D eigenvalue weighted by Gasteiger charge is 2.29. The van der Waals surface area contributed by atoms with Crippen molar-refractivity contribution in [2.75, 3.05) is 18.2 Å². The topological polar surface area (TPSA) is 86.1 Å². The number of rotatable bonds is 9. The van der Waals surface area contributed by atoms with Crippen molar-refractivity contribution < 1.29 is 14.3 Å². The molecule has 0 saturated heterocycles. The first-order valence-corrected chi connectivity index (χ1v) is 13.5. The molecule has 3 aromatic rings. The normalized spacial score (nSPS) is 14.9. The van der Waals surface area contributed by atoms with E-state index in [2.05, 4.69) is 29.0 Å². The van der Waals surface area contributed by atoms with Crippen LogP contribution in [0.15, 0.2) is 42.1 Å². The number of anilines is 1. The number of esters is 1. The maximum atomic E-state index is 12.9. The minimum Gasteiger partial charge on any atom is -0.465 e. The molecule has 2 aromatic heterocycles.